The number of nitrogens with two attached hydrogens (primary N) is 1. The van der Waals surface area contributed by atoms with Crippen LogP contribution in [0.15, 0.2) is 45.3 Å². The summed E-state index contributed by atoms with van der Waals surface area (Å²) in [6.45, 7) is 0. The van der Waals surface area contributed by atoms with Crippen molar-refractivity contribution in [3.05, 3.63) is 35.6 Å². The Labute approximate surface area is 111 Å². The molecule has 90 valence electrons. The third kappa shape index (κ3) is 2.00. The molecule has 0 aliphatic carbocycles. The molecular weight excluding hydrogens is 272 g/mol. The number of rotatable bonds is 2. The molecule has 1 aromatic carbocycles. The highest BCUT2D eigenvalue weighted by Crippen LogP contribution is 2.34. The number of hydrogen-bond donors (Lipinski definition) is 1. The number of aromatic nitrogens is 3. The lowest BCUT2D eigenvalue weighted by Crippen LogP contribution is -1.94. The summed E-state index contributed by atoms with van der Waals surface area (Å²) >= 11 is 7.21. The van der Waals surface area contributed by atoms with E-state index in [-0.39, 0.29) is 5.82 Å². The number of hydrogen-bond acceptors (Lipinski definition) is 6. The second kappa shape index (κ2) is 4.47. The van der Waals surface area contributed by atoms with E-state index in [9.17, 15) is 0 Å². The van der Waals surface area contributed by atoms with Gasteiger partial charge in [0.2, 0.25) is 0 Å². The van der Waals surface area contributed by atoms with E-state index in [0.29, 0.717) is 15.3 Å². The van der Waals surface area contributed by atoms with Crippen molar-refractivity contribution in [1.82, 2.24) is 15.0 Å². The van der Waals surface area contributed by atoms with E-state index in [2.05, 4.69) is 15.0 Å². The van der Waals surface area contributed by atoms with Crippen LogP contribution >= 0.6 is 23.4 Å². The zero-order chi connectivity index (χ0) is 12.5. The summed E-state index contributed by atoms with van der Waals surface area (Å²) in [4.78, 5) is 12.2. The Hall–Kier alpha value is -1.79. The van der Waals surface area contributed by atoms with E-state index in [1.807, 2.05) is 24.3 Å². The van der Waals surface area contributed by atoms with Gasteiger partial charge in [0, 0.05) is 0 Å². The van der Waals surface area contributed by atoms with Crippen molar-refractivity contribution < 1.29 is 4.42 Å². The summed E-state index contributed by atoms with van der Waals surface area (Å²) in [6, 6.07) is 7.51. The summed E-state index contributed by atoms with van der Waals surface area (Å²) in [7, 11) is 0. The number of benzene rings is 1. The number of para-hydroxylation sites is 2. The monoisotopic (exact) mass is 278 g/mol. The second-order valence-corrected chi connectivity index (χ2v) is 4.75. The van der Waals surface area contributed by atoms with Crippen LogP contribution in [0.4, 0.5) is 5.82 Å². The number of nitrogens with zero attached hydrogens (tertiary/aromatic N) is 3. The van der Waals surface area contributed by atoms with Gasteiger partial charge in [-0.2, -0.15) is 0 Å². The van der Waals surface area contributed by atoms with Crippen LogP contribution < -0.4 is 5.73 Å². The SMILES string of the molecule is Nc1ncnc(Sc2nc3ccccc3o2)c1Cl. The Balaban J connectivity index is 1.99. The van der Waals surface area contributed by atoms with Crippen LogP contribution in [0, 0.1) is 0 Å². The Morgan fingerprint density at radius 1 is 1.22 bits per heavy atom. The fourth-order valence-corrected chi connectivity index (χ4v) is 2.36. The first kappa shape index (κ1) is 11.3. The van der Waals surface area contributed by atoms with Gasteiger partial charge < -0.3 is 10.2 Å². The first-order valence-corrected chi connectivity index (χ1v) is 6.23. The predicted octanol–water partition coefficient (Wildman–Crippen LogP) is 3.00. The quantitative estimate of drug-likeness (QED) is 0.726. The van der Waals surface area contributed by atoms with Gasteiger partial charge in [-0.05, 0) is 23.9 Å². The summed E-state index contributed by atoms with van der Waals surface area (Å²) in [5.41, 5.74) is 7.11. The maximum absolute atomic E-state index is 6.00. The molecule has 2 N–H and O–H groups in total. The molecule has 7 heteroatoms. The van der Waals surface area contributed by atoms with E-state index in [4.69, 9.17) is 21.8 Å². The Bertz CT molecular complexity index is 682. The molecule has 3 rings (SSSR count). The minimum atomic E-state index is 0.241. The van der Waals surface area contributed by atoms with Gasteiger partial charge in [-0.3, -0.25) is 0 Å². The smallest absolute Gasteiger partial charge is 0.263 e. The topological polar surface area (TPSA) is 77.8 Å². The van der Waals surface area contributed by atoms with Crippen LogP contribution in [0.2, 0.25) is 5.02 Å². The lowest BCUT2D eigenvalue weighted by Gasteiger charge is -2.00. The molecule has 18 heavy (non-hydrogen) atoms. The number of oxazole rings is 1. The fourth-order valence-electron chi connectivity index (χ4n) is 1.41. The first-order chi connectivity index (χ1) is 8.74. The summed E-state index contributed by atoms with van der Waals surface area (Å²) in [5.74, 6) is 0.241. The molecule has 0 amide bonds. The van der Waals surface area contributed by atoms with E-state index in [0.717, 1.165) is 11.1 Å². The molecule has 2 heterocycles. The molecule has 3 aromatic rings. The maximum Gasteiger partial charge on any atom is 0.263 e. The standard InChI is InChI=1S/C11H7ClN4OS/c12-8-9(13)14-5-15-10(8)18-11-16-6-3-1-2-4-7(6)17-11/h1-5H,(H2,13,14,15). The molecule has 0 fully saturated rings. The predicted molar refractivity (Wildman–Crippen MR) is 69.6 cm³/mol. The number of halogens is 1. The van der Waals surface area contributed by atoms with Gasteiger partial charge in [0.25, 0.3) is 5.22 Å². The molecule has 0 atom stereocenters. The lowest BCUT2D eigenvalue weighted by molar-refractivity contribution is 0.489. The van der Waals surface area contributed by atoms with Gasteiger partial charge in [-0.1, -0.05) is 23.7 Å². The van der Waals surface area contributed by atoms with Crippen LogP contribution in [0.3, 0.4) is 0 Å². The van der Waals surface area contributed by atoms with Crippen molar-refractivity contribution >= 4 is 40.3 Å². The molecule has 0 saturated carbocycles. The van der Waals surface area contributed by atoms with Crippen molar-refractivity contribution in [3.63, 3.8) is 0 Å². The van der Waals surface area contributed by atoms with Crippen LogP contribution in [0.5, 0.6) is 0 Å². The highest BCUT2D eigenvalue weighted by molar-refractivity contribution is 7.99. The van der Waals surface area contributed by atoms with Crippen LogP contribution in [-0.2, 0) is 0 Å². The lowest BCUT2D eigenvalue weighted by atomic mass is 10.3. The van der Waals surface area contributed by atoms with Crippen LogP contribution in [0.25, 0.3) is 11.1 Å². The van der Waals surface area contributed by atoms with E-state index >= 15 is 0 Å². The minimum Gasteiger partial charge on any atom is -0.431 e. The van der Waals surface area contributed by atoms with Crippen molar-refractivity contribution in [2.45, 2.75) is 10.2 Å². The molecule has 0 radical (unpaired) electrons. The molecule has 5 nitrogen and oxygen atoms in total. The first-order valence-electron chi connectivity index (χ1n) is 5.03. The molecule has 0 saturated heterocycles. The molecule has 0 unspecified atom stereocenters. The van der Waals surface area contributed by atoms with Crippen LogP contribution in [0.1, 0.15) is 0 Å². The summed E-state index contributed by atoms with van der Waals surface area (Å²) in [5, 5.41) is 1.30. The van der Waals surface area contributed by atoms with Crippen molar-refractivity contribution in [2.75, 3.05) is 5.73 Å². The number of anilines is 1. The Kier molecular flexibility index (Phi) is 2.81. The average molecular weight is 279 g/mol. The largest absolute Gasteiger partial charge is 0.431 e. The zero-order valence-electron chi connectivity index (χ0n) is 9.00. The number of nitrogen functional groups attached to an aromatic ring is 1. The Morgan fingerprint density at radius 2 is 2.06 bits per heavy atom. The van der Waals surface area contributed by atoms with Crippen molar-refractivity contribution in [3.8, 4) is 0 Å². The van der Waals surface area contributed by atoms with Gasteiger partial charge in [-0.15, -0.1) is 0 Å². The van der Waals surface area contributed by atoms with Gasteiger partial charge >= 0.3 is 0 Å². The minimum absolute atomic E-state index is 0.241. The molecule has 0 spiro atoms. The summed E-state index contributed by atoms with van der Waals surface area (Å²) in [6.07, 6.45) is 1.35. The van der Waals surface area contributed by atoms with Crippen LogP contribution in [-0.4, -0.2) is 15.0 Å². The fraction of sp³-hybridized carbons (Fsp3) is 0. The zero-order valence-corrected chi connectivity index (χ0v) is 10.6. The third-order valence-corrected chi connectivity index (χ3v) is 3.58. The maximum atomic E-state index is 6.00. The molecule has 0 aliphatic heterocycles. The van der Waals surface area contributed by atoms with E-state index in [1.54, 1.807) is 0 Å². The van der Waals surface area contributed by atoms with Gasteiger partial charge in [0.1, 0.15) is 27.7 Å². The highest BCUT2D eigenvalue weighted by atomic mass is 35.5. The molecule has 2 aromatic heterocycles. The van der Waals surface area contributed by atoms with E-state index < -0.39 is 0 Å². The Morgan fingerprint density at radius 3 is 2.89 bits per heavy atom. The van der Waals surface area contributed by atoms with Crippen molar-refractivity contribution in [2.24, 2.45) is 0 Å². The average Bonchev–Trinajstić information content (AvgIpc) is 2.77. The van der Waals surface area contributed by atoms with Crippen molar-refractivity contribution in [1.29, 1.82) is 0 Å². The van der Waals surface area contributed by atoms with Gasteiger partial charge in [0.05, 0.1) is 0 Å². The molecular formula is C11H7ClN4OS. The normalized spacial score (nSPS) is 10.9. The highest BCUT2D eigenvalue weighted by Gasteiger charge is 2.12. The molecule has 0 aliphatic rings. The molecule has 0 bridgehead atoms. The summed E-state index contributed by atoms with van der Waals surface area (Å²) < 4.78 is 5.56. The number of fused-ring (bicyclic) bond motifs is 1. The van der Waals surface area contributed by atoms with Gasteiger partial charge in [-0.25, -0.2) is 15.0 Å². The van der Waals surface area contributed by atoms with Gasteiger partial charge in [0.15, 0.2) is 5.58 Å². The van der Waals surface area contributed by atoms with E-state index in [1.165, 1.54) is 18.1 Å². The second-order valence-electron chi connectivity index (χ2n) is 3.43. The third-order valence-electron chi connectivity index (χ3n) is 2.24.